The molecule has 0 radical (unpaired) electrons. The van der Waals surface area contributed by atoms with Gasteiger partial charge < -0.3 is 14.8 Å². The van der Waals surface area contributed by atoms with Crippen LogP contribution in [-0.2, 0) is 32.9 Å². The van der Waals surface area contributed by atoms with Gasteiger partial charge in [-0.05, 0) is 48.2 Å². The number of rotatable bonds is 9. The number of benzene rings is 2. The monoisotopic (exact) mass is 551 g/mol. The van der Waals surface area contributed by atoms with Gasteiger partial charge in [-0.3, -0.25) is 14.4 Å². The van der Waals surface area contributed by atoms with Crippen LogP contribution in [0.5, 0.6) is 11.5 Å². The number of anilines is 2. The zero-order valence-corrected chi connectivity index (χ0v) is 23.4. The molecule has 11 nitrogen and oxygen atoms in total. The molecule has 0 atom stereocenters. The van der Waals surface area contributed by atoms with Crippen molar-refractivity contribution in [1.29, 1.82) is 5.26 Å². The lowest BCUT2D eigenvalue weighted by Gasteiger charge is -2.15. The second-order valence-corrected chi connectivity index (χ2v) is 11.9. The SMILES string of the molecule is COc1c(NS(C)(=O)=O)ccc(CC#N)c1C.COc1c(NS(C)(=O)=O)ccc(CC2=NCCN2)c1C. The van der Waals surface area contributed by atoms with Crippen molar-refractivity contribution >= 4 is 37.3 Å². The average Bonchev–Trinajstić information content (AvgIpc) is 3.30. The van der Waals surface area contributed by atoms with Gasteiger partial charge in [-0.2, -0.15) is 5.26 Å². The molecular weight excluding hydrogens is 518 g/mol. The summed E-state index contributed by atoms with van der Waals surface area (Å²) in [6.45, 7) is 5.38. The summed E-state index contributed by atoms with van der Waals surface area (Å²) >= 11 is 0. The van der Waals surface area contributed by atoms with Crippen LogP contribution in [0.25, 0.3) is 0 Å². The predicted molar refractivity (Wildman–Crippen MR) is 146 cm³/mol. The van der Waals surface area contributed by atoms with Crippen molar-refractivity contribution in [3.63, 3.8) is 0 Å². The normalized spacial score (nSPS) is 12.8. The molecule has 3 rings (SSSR count). The van der Waals surface area contributed by atoms with Gasteiger partial charge in [0, 0.05) is 13.0 Å². The largest absolute Gasteiger partial charge is 0.494 e. The van der Waals surface area contributed by atoms with Crippen LogP contribution in [0.15, 0.2) is 29.3 Å². The molecule has 0 bridgehead atoms. The standard InChI is InChI=1S/C13H19N3O3S.C11H14N2O3S/c1-9-10(8-12-14-6-7-15-12)4-5-11(13(9)19-2)16-20(3,17)18;1-8-9(6-7-12)4-5-10(11(8)16-2)13-17(3,14)15/h4-5,16H,6-8H2,1-3H3,(H,14,15);4-5,13H,6H2,1-3H3. The Morgan fingerprint density at radius 3 is 1.81 bits per heavy atom. The van der Waals surface area contributed by atoms with E-state index >= 15 is 0 Å². The summed E-state index contributed by atoms with van der Waals surface area (Å²) < 4.78 is 60.4. The Kier molecular flexibility index (Phi) is 10.2. The molecule has 0 fully saturated rings. The minimum Gasteiger partial charge on any atom is -0.494 e. The summed E-state index contributed by atoms with van der Waals surface area (Å²) in [4.78, 5) is 4.36. The lowest BCUT2D eigenvalue weighted by Crippen LogP contribution is -2.21. The number of amidine groups is 1. The molecule has 37 heavy (non-hydrogen) atoms. The number of hydrogen-bond donors (Lipinski definition) is 3. The molecule has 0 unspecified atom stereocenters. The Morgan fingerprint density at radius 2 is 1.41 bits per heavy atom. The smallest absolute Gasteiger partial charge is 0.229 e. The lowest BCUT2D eigenvalue weighted by atomic mass is 10.0. The predicted octanol–water partition coefficient (Wildman–Crippen LogP) is 2.36. The van der Waals surface area contributed by atoms with Gasteiger partial charge in [0.15, 0.2) is 0 Å². The summed E-state index contributed by atoms with van der Waals surface area (Å²) in [5.74, 6) is 1.95. The number of nitrogens with zero attached hydrogens (tertiary/aromatic N) is 2. The number of aliphatic imine (C=N–C) groups is 1. The molecule has 202 valence electrons. The fourth-order valence-electron chi connectivity index (χ4n) is 3.77. The minimum atomic E-state index is -3.35. The summed E-state index contributed by atoms with van der Waals surface area (Å²) in [5.41, 5.74) is 4.41. The van der Waals surface area contributed by atoms with E-state index in [1.807, 2.05) is 19.1 Å². The molecule has 0 spiro atoms. The molecule has 0 aromatic heterocycles. The van der Waals surface area contributed by atoms with E-state index in [9.17, 15) is 16.8 Å². The highest BCUT2D eigenvalue weighted by molar-refractivity contribution is 7.92. The number of nitrogens with one attached hydrogen (secondary N) is 3. The van der Waals surface area contributed by atoms with E-state index < -0.39 is 20.0 Å². The van der Waals surface area contributed by atoms with Crippen LogP contribution in [0.4, 0.5) is 11.4 Å². The first-order valence-electron chi connectivity index (χ1n) is 11.2. The summed E-state index contributed by atoms with van der Waals surface area (Å²) in [6.07, 6.45) is 3.15. The van der Waals surface area contributed by atoms with Crippen molar-refractivity contribution in [2.45, 2.75) is 26.7 Å². The van der Waals surface area contributed by atoms with Crippen molar-refractivity contribution in [3.8, 4) is 17.6 Å². The maximum absolute atomic E-state index is 11.3. The Hall–Kier alpha value is -3.50. The van der Waals surface area contributed by atoms with Gasteiger partial charge >= 0.3 is 0 Å². The van der Waals surface area contributed by atoms with Crippen LogP contribution in [0.3, 0.4) is 0 Å². The Balaban J connectivity index is 0.000000264. The number of ether oxygens (including phenoxy) is 2. The Bertz CT molecular complexity index is 1410. The molecule has 0 saturated heterocycles. The summed E-state index contributed by atoms with van der Waals surface area (Å²) in [7, 11) is -3.68. The zero-order chi connectivity index (χ0) is 27.8. The highest BCUT2D eigenvalue weighted by Crippen LogP contribution is 2.33. The van der Waals surface area contributed by atoms with Crippen LogP contribution in [0, 0.1) is 25.2 Å². The van der Waals surface area contributed by atoms with Gasteiger partial charge in [-0.1, -0.05) is 12.1 Å². The maximum Gasteiger partial charge on any atom is 0.229 e. The van der Waals surface area contributed by atoms with Crippen molar-refractivity contribution in [2.75, 3.05) is 49.3 Å². The van der Waals surface area contributed by atoms with Crippen LogP contribution in [0.2, 0.25) is 0 Å². The van der Waals surface area contributed by atoms with E-state index in [2.05, 4.69) is 19.8 Å². The molecule has 2 aromatic carbocycles. The third-order valence-corrected chi connectivity index (χ3v) is 6.59. The number of sulfonamides is 2. The molecule has 0 saturated carbocycles. The number of methoxy groups -OCH3 is 2. The van der Waals surface area contributed by atoms with Gasteiger partial charge in [0.25, 0.3) is 0 Å². The summed E-state index contributed by atoms with van der Waals surface area (Å²) in [5, 5.41) is 11.9. The fraction of sp³-hybridized carbons (Fsp3) is 0.417. The van der Waals surface area contributed by atoms with Crippen LogP contribution in [-0.4, -0.2) is 62.5 Å². The average molecular weight is 552 g/mol. The van der Waals surface area contributed by atoms with Gasteiger partial charge in [-0.15, -0.1) is 0 Å². The third-order valence-electron chi connectivity index (χ3n) is 5.41. The number of hydrogen-bond acceptors (Lipinski definition) is 9. The van der Waals surface area contributed by atoms with E-state index in [1.165, 1.54) is 14.2 Å². The van der Waals surface area contributed by atoms with Crippen molar-refractivity contribution < 1.29 is 26.3 Å². The van der Waals surface area contributed by atoms with Crippen molar-refractivity contribution in [2.24, 2.45) is 4.99 Å². The van der Waals surface area contributed by atoms with E-state index in [1.54, 1.807) is 25.1 Å². The third kappa shape index (κ3) is 8.83. The minimum absolute atomic E-state index is 0.265. The number of nitriles is 1. The molecule has 1 aliphatic heterocycles. The first-order chi connectivity index (χ1) is 17.3. The van der Waals surface area contributed by atoms with Crippen molar-refractivity contribution in [1.82, 2.24) is 5.32 Å². The molecule has 0 aliphatic carbocycles. The molecule has 0 amide bonds. The first kappa shape index (κ1) is 29.7. The zero-order valence-electron chi connectivity index (χ0n) is 21.8. The quantitative estimate of drug-likeness (QED) is 0.428. The van der Waals surface area contributed by atoms with Gasteiger partial charge in [-0.25, -0.2) is 16.8 Å². The van der Waals surface area contributed by atoms with Crippen molar-refractivity contribution in [3.05, 3.63) is 46.5 Å². The van der Waals surface area contributed by atoms with Crippen LogP contribution >= 0.6 is 0 Å². The van der Waals surface area contributed by atoms with E-state index in [-0.39, 0.29) is 6.42 Å². The molecule has 3 N–H and O–H groups in total. The Morgan fingerprint density at radius 1 is 0.919 bits per heavy atom. The Labute approximate surface area is 219 Å². The van der Waals surface area contributed by atoms with Gasteiger partial charge in [0.05, 0.1) is 57.1 Å². The fourth-order valence-corrected chi connectivity index (χ4v) is 4.89. The van der Waals surface area contributed by atoms with Crippen LogP contribution < -0.4 is 24.2 Å². The van der Waals surface area contributed by atoms with Gasteiger partial charge in [0.1, 0.15) is 17.3 Å². The molecule has 1 aliphatic rings. The topological polar surface area (TPSA) is 159 Å². The van der Waals surface area contributed by atoms with Crippen LogP contribution in [0.1, 0.15) is 22.3 Å². The molecular formula is C24H33N5O6S2. The highest BCUT2D eigenvalue weighted by atomic mass is 32.2. The second kappa shape index (κ2) is 12.6. The van der Waals surface area contributed by atoms with Gasteiger partial charge in [0.2, 0.25) is 20.0 Å². The maximum atomic E-state index is 11.3. The summed E-state index contributed by atoms with van der Waals surface area (Å²) in [6, 6.07) is 8.98. The highest BCUT2D eigenvalue weighted by Gasteiger charge is 2.16. The molecule has 1 heterocycles. The van der Waals surface area contributed by atoms with E-state index in [4.69, 9.17) is 14.7 Å². The second-order valence-electron chi connectivity index (χ2n) is 8.38. The van der Waals surface area contributed by atoms with E-state index in [0.29, 0.717) is 29.3 Å². The molecule has 13 heteroatoms. The van der Waals surface area contributed by atoms with E-state index in [0.717, 1.165) is 53.7 Å². The first-order valence-corrected chi connectivity index (χ1v) is 15.0. The molecule has 2 aromatic rings. The lowest BCUT2D eigenvalue weighted by molar-refractivity contribution is 0.413.